The van der Waals surface area contributed by atoms with Gasteiger partial charge in [-0.05, 0) is 51.7 Å². The normalized spacial score (nSPS) is 18.0. The zero-order valence-electron chi connectivity index (χ0n) is 18.6. The highest BCUT2D eigenvalue weighted by Gasteiger charge is 2.30. The molecule has 1 aromatic carbocycles. The third-order valence-corrected chi connectivity index (χ3v) is 5.81. The first kappa shape index (κ1) is 22.9. The molecule has 1 aromatic rings. The number of nitriles is 1. The molecule has 0 N–H and O–H groups in total. The number of halogens is 1. The fourth-order valence-corrected chi connectivity index (χ4v) is 4.11. The van der Waals surface area contributed by atoms with Crippen molar-refractivity contribution in [3.8, 4) is 6.07 Å². The second kappa shape index (κ2) is 9.54. The van der Waals surface area contributed by atoms with Gasteiger partial charge in [-0.15, -0.1) is 0 Å². The van der Waals surface area contributed by atoms with Crippen molar-refractivity contribution in [1.82, 2.24) is 9.80 Å². The average molecular weight is 431 g/mol. The summed E-state index contributed by atoms with van der Waals surface area (Å²) < 4.78 is 19.3. The van der Waals surface area contributed by atoms with E-state index in [9.17, 15) is 19.2 Å². The molecule has 0 aliphatic carbocycles. The first-order valence-corrected chi connectivity index (χ1v) is 10.9. The summed E-state index contributed by atoms with van der Waals surface area (Å²) in [6, 6.07) is 6.58. The van der Waals surface area contributed by atoms with Crippen LogP contribution in [0.1, 0.15) is 45.6 Å². The Morgan fingerprint density at radius 2 is 1.74 bits per heavy atom. The van der Waals surface area contributed by atoms with Crippen LogP contribution in [-0.4, -0.2) is 66.7 Å². The lowest BCUT2D eigenvalue weighted by Crippen LogP contribution is -2.49. The first-order chi connectivity index (χ1) is 14.7. The summed E-state index contributed by atoms with van der Waals surface area (Å²) in [5.41, 5.74) is 0.133. The van der Waals surface area contributed by atoms with E-state index in [0.29, 0.717) is 51.4 Å². The highest BCUT2D eigenvalue weighted by molar-refractivity contribution is 5.77. The SMILES string of the molecule is CC(C)(C)OC(=O)N1CCC(CC(=O)N2CCN(c3cccc(F)c3C#N)CC2)CC1. The van der Waals surface area contributed by atoms with Crippen LogP contribution < -0.4 is 4.90 Å². The molecule has 2 aliphatic rings. The molecule has 7 nitrogen and oxygen atoms in total. The molecule has 168 valence electrons. The molecule has 0 radical (unpaired) electrons. The van der Waals surface area contributed by atoms with Crippen LogP contribution in [-0.2, 0) is 9.53 Å². The third kappa shape index (κ3) is 5.87. The minimum Gasteiger partial charge on any atom is -0.444 e. The summed E-state index contributed by atoms with van der Waals surface area (Å²) >= 11 is 0. The van der Waals surface area contributed by atoms with E-state index in [-0.39, 0.29) is 23.5 Å². The summed E-state index contributed by atoms with van der Waals surface area (Å²) in [6.07, 6.45) is 1.77. The lowest BCUT2D eigenvalue weighted by atomic mass is 9.93. The second-order valence-electron chi connectivity index (χ2n) is 9.23. The van der Waals surface area contributed by atoms with Crippen LogP contribution in [0.15, 0.2) is 18.2 Å². The van der Waals surface area contributed by atoms with Crippen LogP contribution >= 0.6 is 0 Å². The van der Waals surface area contributed by atoms with Crippen molar-refractivity contribution >= 4 is 17.7 Å². The Balaban J connectivity index is 1.46. The van der Waals surface area contributed by atoms with Crippen LogP contribution in [0.4, 0.5) is 14.9 Å². The van der Waals surface area contributed by atoms with Gasteiger partial charge in [0.25, 0.3) is 0 Å². The molecule has 0 aromatic heterocycles. The lowest BCUT2D eigenvalue weighted by molar-refractivity contribution is -0.132. The number of likely N-dealkylation sites (tertiary alicyclic amines) is 1. The molecule has 0 atom stereocenters. The predicted molar refractivity (Wildman–Crippen MR) is 115 cm³/mol. The Labute approximate surface area is 183 Å². The molecule has 0 spiro atoms. The molecule has 8 heteroatoms. The summed E-state index contributed by atoms with van der Waals surface area (Å²) in [5, 5.41) is 9.25. The fourth-order valence-electron chi connectivity index (χ4n) is 4.11. The number of hydrogen-bond donors (Lipinski definition) is 0. The van der Waals surface area contributed by atoms with E-state index in [1.54, 1.807) is 17.0 Å². The van der Waals surface area contributed by atoms with E-state index >= 15 is 0 Å². The zero-order chi connectivity index (χ0) is 22.6. The van der Waals surface area contributed by atoms with Gasteiger partial charge >= 0.3 is 6.09 Å². The van der Waals surface area contributed by atoms with Crippen LogP contribution in [0.3, 0.4) is 0 Å². The monoisotopic (exact) mass is 430 g/mol. The summed E-state index contributed by atoms with van der Waals surface area (Å²) in [7, 11) is 0. The molecule has 2 saturated heterocycles. The van der Waals surface area contributed by atoms with E-state index in [1.807, 2.05) is 36.6 Å². The van der Waals surface area contributed by atoms with Crippen LogP contribution in [0.2, 0.25) is 0 Å². The summed E-state index contributed by atoms with van der Waals surface area (Å²) in [4.78, 5) is 30.5. The van der Waals surface area contributed by atoms with Crippen molar-refractivity contribution in [3.05, 3.63) is 29.6 Å². The number of piperazine rings is 1. The first-order valence-electron chi connectivity index (χ1n) is 10.9. The van der Waals surface area contributed by atoms with E-state index in [1.165, 1.54) is 6.07 Å². The Morgan fingerprint density at radius 3 is 2.32 bits per heavy atom. The van der Waals surface area contributed by atoms with E-state index < -0.39 is 11.4 Å². The highest BCUT2D eigenvalue weighted by atomic mass is 19.1. The number of hydrogen-bond acceptors (Lipinski definition) is 5. The predicted octanol–water partition coefficient (Wildman–Crippen LogP) is 3.38. The third-order valence-electron chi connectivity index (χ3n) is 5.81. The molecular formula is C23H31FN4O3. The van der Waals surface area contributed by atoms with Crippen molar-refractivity contribution in [3.63, 3.8) is 0 Å². The summed E-state index contributed by atoms with van der Waals surface area (Å²) in [6.45, 7) is 9.02. The van der Waals surface area contributed by atoms with Gasteiger partial charge in [0, 0.05) is 45.7 Å². The molecule has 2 fully saturated rings. The lowest BCUT2D eigenvalue weighted by Gasteiger charge is -2.38. The van der Waals surface area contributed by atoms with Crippen molar-refractivity contribution in [2.45, 2.75) is 45.6 Å². The molecular weight excluding hydrogens is 399 g/mol. The van der Waals surface area contributed by atoms with E-state index in [4.69, 9.17) is 4.74 Å². The van der Waals surface area contributed by atoms with Crippen LogP contribution in [0.25, 0.3) is 0 Å². The minimum atomic E-state index is -0.517. The molecule has 2 heterocycles. The number of amides is 2. The second-order valence-corrected chi connectivity index (χ2v) is 9.23. The van der Waals surface area contributed by atoms with Crippen molar-refractivity contribution in [2.24, 2.45) is 5.92 Å². The van der Waals surface area contributed by atoms with Gasteiger partial charge in [0.2, 0.25) is 5.91 Å². The van der Waals surface area contributed by atoms with Gasteiger partial charge in [-0.25, -0.2) is 9.18 Å². The number of nitrogens with zero attached hydrogens (tertiary/aromatic N) is 4. The Hall–Kier alpha value is -2.82. The quantitative estimate of drug-likeness (QED) is 0.735. The largest absolute Gasteiger partial charge is 0.444 e. The molecule has 2 amide bonds. The zero-order valence-corrected chi connectivity index (χ0v) is 18.6. The van der Waals surface area contributed by atoms with Gasteiger partial charge in [0.05, 0.1) is 5.69 Å². The van der Waals surface area contributed by atoms with Crippen molar-refractivity contribution in [2.75, 3.05) is 44.2 Å². The average Bonchev–Trinajstić information content (AvgIpc) is 2.73. The van der Waals surface area contributed by atoms with Gasteiger partial charge in [0.1, 0.15) is 23.1 Å². The van der Waals surface area contributed by atoms with Gasteiger partial charge in [-0.2, -0.15) is 5.26 Å². The highest BCUT2D eigenvalue weighted by Crippen LogP contribution is 2.26. The fraction of sp³-hybridized carbons (Fsp3) is 0.609. The van der Waals surface area contributed by atoms with Crippen molar-refractivity contribution in [1.29, 1.82) is 5.26 Å². The van der Waals surface area contributed by atoms with Gasteiger partial charge < -0.3 is 19.4 Å². The smallest absolute Gasteiger partial charge is 0.410 e. The Morgan fingerprint density at radius 1 is 1.10 bits per heavy atom. The number of rotatable bonds is 3. The molecule has 31 heavy (non-hydrogen) atoms. The van der Waals surface area contributed by atoms with E-state index in [2.05, 4.69) is 0 Å². The molecule has 0 bridgehead atoms. The maximum Gasteiger partial charge on any atom is 0.410 e. The molecule has 0 unspecified atom stereocenters. The number of benzene rings is 1. The van der Waals surface area contributed by atoms with E-state index in [0.717, 1.165) is 12.8 Å². The molecule has 2 aliphatic heterocycles. The number of carbonyl (C=O) groups is 2. The number of ether oxygens (including phenoxy) is 1. The topological polar surface area (TPSA) is 76.9 Å². The number of piperidine rings is 1. The maximum absolute atomic E-state index is 13.9. The molecule has 0 saturated carbocycles. The Kier molecular flexibility index (Phi) is 7.04. The van der Waals surface area contributed by atoms with Gasteiger partial charge in [0.15, 0.2) is 0 Å². The number of anilines is 1. The molecule has 3 rings (SSSR count). The van der Waals surface area contributed by atoms with Crippen LogP contribution in [0.5, 0.6) is 0 Å². The maximum atomic E-state index is 13.9. The number of carbonyl (C=O) groups excluding carboxylic acids is 2. The Bertz CT molecular complexity index is 845. The van der Waals surface area contributed by atoms with Crippen LogP contribution in [0, 0.1) is 23.1 Å². The van der Waals surface area contributed by atoms with Gasteiger partial charge in [-0.3, -0.25) is 4.79 Å². The van der Waals surface area contributed by atoms with Gasteiger partial charge in [-0.1, -0.05) is 6.07 Å². The van der Waals surface area contributed by atoms with Crippen molar-refractivity contribution < 1.29 is 18.7 Å². The minimum absolute atomic E-state index is 0.0547. The summed E-state index contributed by atoms with van der Waals surface area (Å²) in [5.74, 6) is -0.135. The standard InChI is InChI=1S/C23H31FN4O3/c1-23(2,3)31-22(30)28-9-7-17(8-10-28)15-21(29)27-13-11-26(12-14-27)20-6-4-5-19(24)18(20)16-25/h4-6,17H,7-15H2,1-3H3.